The minimum atomic E-state index is -0.787. The molecule has 4 N–H and O–H groups in total. The van der Waals surface area contributed by atoms with E-state index < -0.39 is 6.23 Å². The average molecular weight is 209 g/mol. The second-order valence-corrected chi connectivity index (χ2v) is 3.56. The van der Waals surface area contributed by atoms with Crippen LogP contribution >= 0.6 is 0 Å². The second-order valence-electron chi connectivity index (χ2n) is 3.56. The Balaban J connectivity index is 2.41. The van der Waals surface area contributed by atoms with Crippen molar-refractivity contribution >= 4 is 5.82 Å². The zero-order chi connectivity index (χ0) is 11.0. The van der Waals surface area contributed by atoms with E-state index >= 15 is 0 Å². The number of fused-ring (bicyclic) bond motifs is 1. The van der Waals surface area contributed by atoms with Crippen molar-refractivity contribution < 1.29 is 5.11 Å². The van der Waals surface area contributed by atoms with E-state index in [0.717, 1.165) is 11.4 Å². The maximum atomic E-state index is 9.78. The van der Waals surface area contributed by atoms with Crippen LogP contribution in [0, 0.1) is 13.8 Å². The van der Waals surface area contributed by atoms with Gasteiger partial charge in [0.1, 0.15) is 12.0 Å². The first-order valence-corrected chi connectivity index (χ1v) is 4.85. The zero-order valence-corrected chi connectivity index (χ0v) is 9.00. The highest BCUT2D eigenvalue weighted by atomic mass is 16.3. The van der Waals surface area contributed by atoms with Gasteiger partial charge in [0, 0.05) is 0 Å². The molecule has 2 rings (SSSR count). The van der Waals surface area contributed by atoms with Crippen LogP contribution in [-0.4, -0.2) is 28.4 Å². The van der Waals surface area contributed by atoms with Crippen molar-refractivity contribution in [2.75, 3.05) is 12.4 Å². The molecule has 6 heteroatoms. The van der Waals surface area contributed by atoms with Crippen LogP contribution in [0.4, 0.5) is 5.82 Å². The van der Waals surface area contributed by atoms with Crippen LogP contribution in [-0.2, 0) is 0 Å². The van der Waals surface area contributed by atoms with Gasteiger partial charge in [-0.05, 0) is 20.9 Å². The van der Waals surface area contributed by atoms with Crippen LogP contribution < -0.4 is 16.0 Å². The fraction of sp³-hybridized carbons (Fsp3) is 0.556. The van der Waals surface area contributed by atoms with Crippen LogP contribution in [0.3, 0.4) is 0 Å². The highest BCUT2D eigenvalue weighted by Crippen LogP contribution is 2.22. The number of aryl methyl sites for hydroxylation is 2. The normalized spacial score (nSPS) is 24.5. The predicted octanol–water partition coefficient (Wildman–Crippen LogP) is -0.398. The number of hydrogen-bond acceptors (Lipinski definition) is 6. The summed E-state index contributed by atoms with van der Waals surface area (Å²) in [4.78, 5) is 8.65. The molecule has 0 spiro atoms. The standard InChI is InChI=1S/C9H15N5O/c1-4-5(2)12-7-6(11-4)8(15)14-9(10-3)13-7/h8-10,14-15H,1-3H3,(H,12,13). The molecule has 0 aromatic carbocycles. The van der Waals surface area contributed by atoms with Crippen LogP contribution in [0.25, 0.3) is 0 Å². The van der Waals surface area contributed by atoms with E-state index in [1.165, 1.54) is 0 Å². The Hall–Kier alpha value is -1.24. The summed E-state index contributed by atoms with van der Waals surface area (Å²) in [5, 5.41) is 18.7. The lowest BCUT2D eigenvalue weighted by atomic mass is 10.2. The van der Waals surface area contributed by atoms with Gasteiger partial charge in [-0.2, -0.15) is 0 Å². The fourth-order valence-electron chi connectivity index (χ4n) is 1.49. The summed E-state index contributed by atoms with van der Waals surface area (Å²) in [7, 11) is 1.79. The molecule has 0 radical (unpaired) electrons. The minimum absolute atomic E-state index is 0.191. The molecule has 1 aromatic heterocycles. The third-order valence-electron chi connectivity index (χ3n) is 2.49. The summed E-state index contributed by atoms with van der Waals surface area (Å²) in [6.07, 6.45) is -0.977. The number of rotatable bonds is 1. The lowest BCUT2D eigenvalue weighted by molar-refractivity contribution is 0.112. The van der Waals surface area contributed by atoms with Crippen molar-refractivity contribution in [2.24, 2.45) is 0 Å². The summed E-state index contributed by atoms with van der Waals surface area (Å²) in [5.74, 6) is 0.628. The van der Waals surface area contributed by atoms with Crippen molar-refractivity contribution in [1.82, 2.24) is 20.6 Å². The molecule has 0 saturated carbocycles. The van der Waals surface area contributed by atoms with E-state index in [4.69, 9.17) is 0 Å². The molecule has 2 heterocycles. The molecular formula is C9H15N5O. The van der Waals surface area contributed by atoms with Crippen LogP contribution in [0.15, 0.2) is 0 Å². The van der Waals surface area contributed by atoms with E-state index in [1.54, 1.807) is 7.05 Å². The molecule has 0 saturated heterocycles. The summed E-state index contributed by atoms with van der Waals surface area (Å²) in [6.45, 7) is 3.77. The quantitative estimate of drug-likeness (QED) is 0.504. The highest BCUT2D eigenvalue weighted by molar-refractivity contribution is 5.45. The number of aliphatic hydroxyl groups is 1. The van der Waals surface area contributed by atoms with Gasteiger partial charge < -0.3 is 10.4 Å². The SMILES string of the molecule is CNC1Nc2nc(C)c(C)nc2C(O)N1. The molecular weight excluding hydrogens is 194 g/mol. The van der Waals surface area contributed by atoms with Crippen molar-refractivity contribution in [1.29, 1.82) is 0 Å². The van der Waals surface area contributed by atoms with Gasteiger partial charge in [0.15, 0.2) is 12.0 Å². The topological polar surface area (TPSA) is 82.1 Å². The van der Waals surface area contributed by atoms with Gasteiger partial charge in [0.05, 0.1) is 11.4 Å². The molecule has 0 aliphatic carbocycles. The summed E-state index contributed by atoms with van der Waals surface area (Å²) in [5.41, 5.74) is 2.24. The lowest BCUT2D eigenvalue weighted by Crippen LogP contribution is -2.51. The van der Waals surface area contributed by atoms with Gasteiger partial charge >= 0.3 is 0 Å². The van der Waals surface area contributed by atoms with E-state index in [9.17, 15) is 5.11 Å². The van der Waals surface area contributed by atoms with Gasteiger partial charge in [0.25, 0.3) is 0 Å². The average Bonchev–Trinajstić information content (AvgIpc) is 2.21. The lowest BCUT2D eigenvalue weighted by Gasteiger charge is -2.30. The monoisotopic (exact) mass is 209 g/mol. The van der Waals surface area contributed by atoms with E-state index in [-0.39, 0.29) is 6.29 Å². The zero-order valence-electron chi connectivity index (χ0n) is 9.00. The third kappa shape index (κ3) is 1.79. The van der Waals surface area contributed by atoms with Gasteiger partial charge in [-0.15, -0.1) is 0 Å². The molecule has 1 aliphatic heterocycles. The first-order valence-electron chi connectivity index (χ1n) is 4.85. The van der Waals surface area contributed by atoms with Crippen molar-refractivity contribution in [3.63, 3.8) is 0 Å². The minimum Gasteiger partial charge on any atom is -0.372 e. The predicted molar refractivity (Wildman–Crippen MR) is 56.1 cm³/mol. The molecule has 15 heavy (non-hydrogen) atoms. The van der Waals surface area contributed by atoms with Crippen molar-refractivity contribution in [3.05, 3.63) is 17.1 Å². The summed E-state index contributed by atoms with van der Waals surface area (Å²) >= 11 is 0. The Morgan fingerprint density at radius 1 is 1.27 bits per heavy atom. The molecule has 0 bridgehead atoms. The smallest absolute Gasteiger partial charge is 0.154 e. The first-order chi connectivity index (χ1) is 7.11. The number of aromatic nitrogens is 2. The summed E-state index contributed by atoms with van der Waals surface area (Å²) in [6, 6.07) is 0. The maximum absolute atomic E-state index is 9.78. The highest BCUT2D eigenvalue weighted by Gasteiger charge is 2.25. The van der Waals surface area contributed by atoms with Crippen molar-refractivity contribution in [3.8, 4) is 0 Å². The maximum Gasteiger partial charge on any atom is 0.154 e. The van der Waals surface area contributed by atoms with E-state index in [1.807, 2.05) is 13.8 Å². The van der Waals surface area contributed by atoms with Gasteiger partial charge in [-0.1, -0.05) is 0 Å². The van der Waals surface area contributed by atoms with E-state index in [2.05, 4.69) is 25.9 Å². The van der Waals surface area contributed by atoms with Gasteiger partial charge in [-0.25, -0.2) is 9.97 Å². The van der Waals surface area contributed by atoms with Crippen molar-refractivity contribution in [2.45, 2.75) is 26.4 Å². The number of hydrogen-bond donors (Lipinski definition) is 4. The fourth-order valence-corrected chi connectivity index (χ4v) is 1.49. The van der Waals surface area contributed by atoms with Crippen LogP contribution in [0.5, 0.6) is 0 Å². The Morgan fingerprint density at radius 2 is 1.93 bits per heavy atom. The van der Waals surface area contributed by atoms with Gasteiger partial charge in [-0.3, -0.25) is 10.6 Å². The largest absolute Gasteiger partial charge is 0.372 e. The molecule has 6 nitrogen and oxygen atoms in total. The third-order valence-corrected chi connectivity index (χ3v) is 2.49. The number of anilines is 1. The molecule has 0 amide bonds. The summed E-state index contributed by atoms with van der Waals surface area (Å²) < 4.78 is 0. The first kappa shape index (κ1) is 10.3. The molecule has 1 aliphatic rings. The number of nitrogens with zero attached hydrogens (tertiary/aromatic N) is 2. The Bertz CT molecular complexity index is 381. The Morgan fingerprint density at radius 3 is 2.60 bits per heavy atom. The van der Waals surface area contributed by atoms with Gasteiger partial charge in [0.2, 0.25) is 0 Å². The molecule has 1 aromatic rings. The Kier molecular flexibility index (Phi) is 2.56. The van der Waals surface area contributed by atoms with Crippen LogP contribution in [0.2, 0.25) is 0 Å². The van der Waals surface area contributed by atoms with Crippen LogP contribution in [0.1, 0.15) is 23.3 Å². The number of aliphatic hydroxyl groups excluding tert-OH is 1. The number of nitrogens with one attached hydrogen (secondary N) is 3. The molecule has 2 unspecified atom stereocenters. The molecule has 2 atom stereocenters. The second kappa shape index (κ2) is 3.73. The molecule has 0 fully saturated rings. The molecule has 82 valence electrons. The van der Waals surface area contributed by atoms with E-state index in [0.29, 0.717) is 11.5 Å². The Labute approximate surface area is 88.1 Å².